The minimum absolute atomic E-state index is 0.0720. The number of nitrogens with one attached hydrogen (secondary N) is 2. The summed E-state index contributed by atoms with van der Waals surface area (Å²) in [5.74, 6) is -0.270. The number of para-hydroxylation sites is 2. The van der Waals surface area contributed by atoms with Crippen LogP contribution in [0, 0.1) is 0 Å². The largest absolute Gasteiger partial charge is 0.573 e. The molecule has 122 valence electrons. The van der Waals surface area contributed by atoms with E-state index >= 15 is 0 Å². The van der Waals surface area contributed by atoms with Crippen LogP contribution in [-0.2, 0) is 6.54 Å². The van der Waals surface area contributed by atoms with Gasteiger partial charge in [0.2, 0.25) is 0 Å². The van der Waals surface area contributed by atoms with Crippen LogP contribution in [0.15, 0.2) is 48.5 Å². The molecule has 0 aromatic heterocycles. The van der Waals surface area contributed by atoms with Crippen molar-refractivity contribution >= 4 is 34.6 Å². The van der Waals surface area contributed by atoms with E-state index in [9.17, 15) is 13.2 Å². The number of hydrogen-bond acceptors (Lipinski definition) is 2. The minimum Gasteiger partial charge on any atom is -0.405 e. The number of anilines is 1. The number of thiocarbonyl (C=S) groups is 1. The highest BCUT2D eigenvalue weighted by Crippen LogP contribution is 2.26. The molecule has 0 aliphatic rings. The molecule has 0 unspecified atom stereocenters. The first-order valence-corrected chi connectivity index (χ1v) is 7.27. The van der Waals surface area contributed by atoms with Crippen LogP contribution in [0.4, 0.5) is 18.9 Å². The second kappa shape index (κ2) is 7.52. The zero-order chi connectivity index (χ0) is 16.9. The van der Waals surface area contributed by atoms with Gasteiger partial charge in [-0.05, 0) is 30.4 Å². The summed E-state index contributed by atoms with van der Waals surface area (Å²) in [5.41, 5.74) is 0.930. The zero-order valence-corrected chi connectivity index (χ0v) is 13.2. The van der Waals surface area contributed by atoms with E-state index in [1.807, 2.05) is 0 Å². The zero-order valence-electron chi connectivity index (χ0n) is 11.7. The van der Waals surface area contributed by atoms with Crippen LogP contribution in [0.3, 0.4) is 0 Å². The van der Waals surface area contributed by atoms with Crippen molar-refractivity contribution in [2.45, 2.75) is 12.9 Å². The average Bonchev–Trinajstić information content (AvgIpc) is 2.47. The van der Waals surface area contributed by atoms with Gasteiger partial charge in [-0.15, -0.1) is 13.2 Å². The minimum atomic E-state index is -4.74. The molecule has 0 radical (unpaired) electrons. The van der Waals surface area contributed by atoms with Crippen molar-refractivity contribution in [1.82, 2.24) is 5.32 Å². The third-order valence-electron chi connectivity index (χ3n) is 2.76. The molecule has 0 heterocycles. The molecule has 2 N–H and O–H groups in total. The quantitative estimate of drug-likeness (QED) is 0.773. The van der Waals surface area contributed by atoms with Gasteiger partial charge < -0.3 is 15.4 Å². The maximum Gasteiger partial charge on any atom is 0.573 e. The van der Waals surface area contributed by atoms with Crippen molar-refractivity contribution in [2.75, 3.05) is 5.32 Å². The third-order valence-corrected chi connectivity index (χ3v) is 3.34. The highest BCUT2D eigenvalue weighted by atomic mass is 35.5. The molecule has 2 aromatic rings. The highest BCUT2D eigenvalue weighted by Gasteiger charge is 2.31. The second-order valence-electron chi connectivity index (χ2n) is 4.44. The lowest BCUT2D eigenvalue weighted by Gasteiger charge is -2.15. The summed E-state index contributed by atoms with van der Waals surface area (Å²) in [5, 5.41) is 6.41. The van der Waals surface area contributed by atoms with Gasteiger partial charge in [-0.2, -0.15) is 0 Å². The van der Waals surface area contributed by atoms with Crippen LogP contribution in [0.2, 0.25) is 5.02 Å². The molecular formula is C15H12ClF3N2OS. The fourth-order valence-corrected chi connectivity index (χ4v) is 2.14. The predicted molar refractivity (Wildman–Crippen MR) is 87.6 cm³/mol. The molecule has 3 nitrogen and oxygen atoms in total. The molecule has 0 saturated carbocycles. The number of hydrogen-bond donors (Lipinski definition) is 2. The molecule has 0 amide bonds. The van der Waals surface area contributed by atoms with E-state index in [0.29, 0.717) is 16.3 Å². The van der Waals surface area contributed by atoms with Crippen LogP contribution in [0.1, 0.15) is 5.56 Å². The second-order valence-corrected chi connectivity index (χ2v) is 5.26. The Balaban J connectivity index is 1.98. The molecule has 0 spiro atoms. The van der Waals surface area contributed by atoms with Gasteiger partial charge in [-0.25, -0.2) is 0 Å². The Bertz CT molecular complexity index is 694. The van der Waals surface area contributed by atoms with Gasteiger partial charge in [0.15, 0.2) is 5.11 Å². The number of alkyl halides is 3. The molecule has 23 heavy (non-hydrogen) atoms. The van der Waals surface area contributed by atoms with Crippen LogP contribution >= 0.6 is 23.8 Å². The Morgan fingerprint density at radius 2 is 1.74 bits per heavy atom. The van der Waals surface area contributed by atoms with E-state index in [2.05, 4.69) is 15.4 Å². The van der Waals surface area contributed by atoms with Crippen LogP contribution in [0.5, 0.6) is 5.75 Å². The van der Waals surface area contributed by atoms with Crippen LogP contribution in [-0.4, -0.2) is 11.5 Å². The highest BCUT2D eigenvalue weighted by molar-refractivity contribution is 7.80. The maximum atomic E-state index is 12.4. The van der Waals surface area contributed by atoms with Gasteiger partial charge in [0.1, 0.15) is 5.75 Å². The number of rotatable bonds is 4. The van der Waals surface area contributed by atoms with E-state index < -0.39 is 6.36 Å². The first-order chi connectivity index (χ1) is 10.8. The van der Waals surface area contributed by atoms with Crippen LogP contribution in [0.25, 0.3) is 0 Å². The smallest absolute Gasteiger partial charge is 0.405 e. The summed E-state index contributed by atoms with van der Waals surface area (Å²) in [6.07, 6.45) is -4.74. The molecular weight excluding hydrogens is 349 g/mol. The SMILES string of the molecule is FC(F)(F)Oc1ccccc1CNC(=S)Nc1ccccc1Cl. The Kier molecular flexibility index (Phi) is 5.68. The lowest BCUT2D eigenvalue weighted by atomic mass is 10.2. The Labute approximate surface area is 141 Å². The molecule has 0 aliphatic carbocycles. The Hall–Kier alpha value is -1.99. The summed E-state index contributed by atoms with van der Waals surface area (Å²) in [6.45, 7) is 0.0720. The topological polar surface area (TPSA) is 33.3 Å². The van der Waals surface area contributed by atoms with E-state index in [0.717, 1.165) is 0 Å². The Morgan fingerprint density at radius 1 is 1.09 bits per heavy atom. The van der Waals surface area contributed by atoms with Gasteiger partial charge in [-0.3, -0.25) is 0 Å². The van der Waals surface area contributed by atoms with Gasteiger partial charge in [0.05, 0.1) is 10.7 Å². The molecule has 0 atom stereocenters. The van der Waals surface area contributed by atoms with Gasteiger partial charge in [0.25, 0.3) is 0 Å². The van der Waals surface area contributed by atoms with Crippen molar-refractivity contribution in [1.29, 1.82) is 0 Å². The van der Waals surface area contributed by atoms with Gasteiger partial charge in [-0.1, -0.05) is 41.9 Å². The molecule has 0 bridgehead atoms. The maximum absolute atomic E-state index is 12.4. The first-order valence-electron chi connectivity index (χ1n) is 6.48. The van der Waals surface area contributed by atoms with Gasteiger partial charge >= 0.3 is 6.36 Å². The normalized spacial score (nSPS) is 11.0. The Morgan fingerprint density at radius 3 is 2.43 bits per heavy atom. The number of ether oxygens (including phenoxy) is 1. The van der Waals surface area contributed by atoms with Crippen LogP contribution < -0.4 is 15.4 Å². The molecule has 0 fully saturated rings. The van der Waals surface area contributed by atoms with Crippen molar-refractivity contribution in [3.05, 3.63) is 59.1 Å². The lowest BCUT2D eigenvalue weighted by molar-refractivity contribution is -0.274. The van der Waals surface area contributed by atoms with E-state index in [-0.39, 0.29) is 17.4 Å². The van der Waals surface area contributed by atoms with Crippen molar-refractivity contribution < 1.29 is 17.9 Å². The number of halogens is 4. The molecule has 0 saturated heterocycles. The monoisotopic (exact) mass is 360 g/mol. The van der Waals surface area contributed by atoms with Crippen molar-refractivity contribution in [3.63, 3.8) is 0 Å². The van der Waals surface area contributed by atoms with E-state index in [1.165, 1.54) is 18.2 Å². The molecule has 2 rings (SSSR count). The summed E-state index contributed by atoms with van der Waals surface area (Å²) < 4.78 is 41.0. The third kappa shape index (κ3) is 5.61. The standard InChI is InChI=1S/C15H12ClF3N2OS/c16-11-6-2-3-7-12(11)21-14(23)20-9-10-5-1-4-8-13(10)22-15(17,18)19/h1-8H,9H2,(H2,20,21,23). The first kappa shape index (κ1) is 17.4. The van der Waals surface area contributed by atoms with Crippen molar-refractivity contribution in [2.24, 2.45) is 0 Å². The summed E-state index contributed by atoms with van der Waals surface area (Å²) >= 11 is 11.1. The molecule has 2 aromatic carbocycles. The average molecular weight is 361 g/mol. The lowest BCUT2D eigenvalue weighted by Crippen LogP contribution is -2.28. The fourth-order valence-electron chi connectivity index (χ4n) is 1.78. The fraction of sp³-hybridized carbons (Fsp3) is 0.133. The summed E-state index contributed by atoms with van der Waals surface area (Å²) in [7, 11) is 0. The van der Waals surface area contributed by atoms with E-state index in [1.54, 1.807) is 30.3 Å². The molecule has 0 aliphatic heterocycles. The summed E-state index contributed by atoms with van der Waals surface area (Å²) in [6, 6.07) is 12.8. The summed E-state index contributed by atoms with van der Waals surface area (Å²) in [4.78, 5) is 0. The van der Waals surface area contributed by atoms with E-state index in [4.69, 9.17) is 23.8 Å². The number of benzene rings is 2. The molecule has 8 heteroatoms. The van der Waals surface area contributed by atoms with Crippen molar-refractivity contribution in [3.8, 4) is 5.75 Å². The predicted octanol–water partition coefficient (Wildman–Crippen LogP) is 4.73. The van der Waals surface area contributed by atoms with Gasteiger partial charge in [0, 0.05) is 12.1 Å².